The summed E-state index contributed by atoms with van der Waals surface area (Å²) in [6.07, 6.45) is -3.30. The van der Waals surface area contributed by atoms with Crippen LogP contribution < -0.4 is 10.1 Å². The second kappa shape index (κ2) is 6.73. The highest BCUT2D eigenvalue weighted by Crippen LogP contribution is 2.23. The number of anilines is 1. The third kappa shape index (κ3) is 4.83. The summed E-state index contributed by atoms with van der Waals surface area (Å²) in [6, 6.07) is 4.76. The summed E-state index contributed by atoms with van der Waals surface area (Å²) in [4.78, 5) is 23.3. The molecular weight excluding hydrogens is 327 g/mol. The van der Waals surface area contributed by atoms with Crippen molar-refractivity contribution in [1.29, 1.82) is 0 Å². The summed E-state index contributed by atoms with van der Waals surface area (Å²) in [5.74, 6) is -0.967. The molecule has 2 aromatic rings. The Morgan fingerprint density at radius 1 is 1.25 bits per heavy atom. The van der Waals surface area contributed by atoms with E-state index in [-0.39, 0.29) is 18.1 Å². The predicted molar refractivity (Wildman–Crippen MR) is 78.7 cm³/mol. The number of amides is 1. The summed E-state index contributed by atoms with van der Waals surface area (Å²) in [5.41, 5.74) is 1.26. The van der Waals surface area contributed by atoms with Crippen LogP contribution in [-0.2, 0) is 11.3 Å². The Morgan fingerprint density at radius 3 is 2.38 bits per heavy atom. The number of nitrogens with zero attached hydrogens (tertiary/aromatic N) is 2. The molecule has 0 bridgehead atoms. The number of halogens is 3. The molecule has 1 aromatic carbocycles. The van der Waals surface area contributed by atoms with E-state index in [0.29, 0.717) is 16.9 Å². The number of aryl methyl sites for hydroxylation is 1. The minimum atomic E-state index is -4.77. The second-order valence-electron chi connectivity index (χ2n) is 5.00. The van der Waals surface area contributed by atoms with Gasteiger partial charge < -0.3 is 10.1 Å². The van der Waals surface area contributed by atoms with Crippen molar-refractivity contribution in [2.45, 2.75) is 26.8 Å². The summed E-state index contributed by atoms with van der Waals surface area (Å²) < 4.78 is 41.2. The van der Waals surface area contributed by atoms with Crippen molar-refractivity contribution in [3.63, 3.8) is 0 Å². The van der Waals surface area contributed by atoms with Gasteiger partial charge in [-0.1, -0.05) is 0 Å². The van der Waals surface area contributed by atoms with Crippen LogP contribution in [-0.4, -0.2) is 27.8 Å². The van der Waals surface area contributed by atoms with E-state index >= 15 is 0 Å². The molecule has 128 valence electrons. The molecule has 0 aliphatic rings. The Labute approximate surface area is 135 Å². The fourth-order valence-corrected chi connectivity index (χ4v) is 2.03. The Kier molecular flexibility index (Phi) is 4.91. The maximum Gasteiger partial charge on any atom is 0.573 e. The molecule has 24 heavy (non-hydrogen) atoms. The van der Waals surface area contributed by atoms with Crippen LogP contribution >= 0.6 is 0 Å². The molecule has 1 aromatic heterocycles. The van der Waals surface area contributed by atoms with Crippen LogP contribution in [0.4, 0.5) is 18.9 Å². The molecule has 9 heteroatoms. The van der Waals surface area contributed by atoms with E-state index in [1.807, 2.05) is 0 Å². The van der Waals surface area contributed by atoms with E-state index in [4.69, 9.17) is 0 Å². The van der Waals surface area contributed by atoms with Gasteiger partial charge in [0.1, 0.15) is 12.3 Å². The van der Waals surface area contributed by atoms with Crippen molar-refractivity contribution in [3.8, 4) is 5.75 Å². The van der Waals surface area contributed by atoms with Gasteiger partial charge in [0.2, 0.25) is 5.91 Å². The highest BCUT2D eigenvalue weighted by Gasteiger charge is 2.30. The minimum Gasteiger partial charge on any atom is -0.406 e. The number of ketones is 1. The molecule has 0 radical (unpaired) electrons. The van der Waals surface area contributed by atoms with Crippen molar-refractivity contribution < 1.29 is 27.5 Å². The average molecular weight is 341 g/mol. The lowest BCUT2D eigenvalue weighted by molar-refractivity contribution is -0.274. The maximum absolute atomic E-state index is 12.1. The zero-order valence-corrected chi connectivity index (χ0v) is 12.8. The molecule has 0 saturated carbocycles. The summed E-state index contributed by atoms with van der Waals surface area (Å²) in [5, 5.41) is 6.57. The second-order valence-corrected chi connectivity index (χ2v) is 5.00. The molecule has 2 rings (SSSR count). The topological polar surface area (TPSA) is 73.2 Å². The van der Waals surface area contributed by atoms with E-state index in [1.165, 1.54) is 29.9 Å². The van der Waals surface area contributed by atoms with E-state index in [1.54, 1.807) is 6.92 Å². The number of hydrogen-bond donors (Lipinski definition) is 1. The quantitative estimate of drug-likeness (QED) is 0.849. The Morgan fingerprint density at radius 2 is 1.88 bits per heavy atom. The number of benzene rings is 1. The predicted octanol–water partition coefficient (Wildman–Crippen LogP) is 2.93. The van der Waals surface area contributed by atoms with Crippen LogP contribution in [0, 0.1) is 6.92 Å². The van der Waals surface area contributed by atoms with Crippen molar-refractivity contribution in [2.75, 3.05) is 5.32 Å². The number of hydrogen-bond acceptors (Lipinski definition) is 4. The third-order valence-electron chi connectivity index (χ3n) is 3.00. The molecule has 0 atom stereocenters. The van der Waals surface area contributed by atoms with Gasteiger partial charge in [-0.3, -0.25) is 14.3 Å². The summed E-state index contributed by atoms with van der Waals surface area (Å²) in [7, 11) is 0. The van der Waals surface area contributed by atoms with Gasteiger partial charge in [0, 0.05) is 11.9 Å². The van der Waals surface area contributed by atoms with Gasteiger partial charge in [-0.05, 0) is 38.1 Å². The van der Waals surface area contributed by atoms with Crippen molar-refractivity contribution in [1.82, 2.24) is 9.78 Å². The molecule has 0 saturated heterocycles. The first-order chi connectivity index (χ1) is 11.1. The molecule has 0 aliphatic carbocycles. The van der Waals surface area contributed by atoms with Crippen LogP contribution in [0.25, 0.3) is 0 Å². The molecule has 1 amide bonds. The molecular formula is C15H14F3N3O3. The standard InChI is InChI=1S/C15H14F3N3O3/c1-9-13(10(2)22)7-21(20-9)8-14(23)19-11-3-5-12(6-4-11)24-15(16,17)18/h3-7H,8H2,1-2H3,(H,19,23). The number of carbonyl (C=O) groups is 2. The van der Waals surface area contributed by atoms with Crippen LogP contribution in [0.5, 0.6) is 5.75 Å². The van der Waals surface area contributed by atoms with E-state index in [0.717, 1.165) is 12.1 Å². The van der Waals surface area contributed by atoms with Crippen LogP contribution in [0.3, 0.4) is 0 Å². The number of rotatable bonds is 5. The molecule has 0 spiro atoms. The zero-order valence-electron chi connectivity index (χ0n) is 12.8. The number of alkyl halides is 3. The maximum atomic E-state index is 12.1. The van der Waals surface area contributed by atoms with Crippen LogP contribution in [0.2, 0.25) is 0 Å². The van der Waals surface area contributed by atoms with Gasteiger partial charge in [0.05, 0.1) is 11.3 Å². The highest BCUT2D eigenvalue weighted by molar-refractivity contribution is 5.95. The molecule has 0 aliphatic heterocycles. The lowest BCUT2D eigenvalue weighted by atomic mass is 10.2. The largest absolute Gasteiger partial charge is 0.573 e. The number of nitrogens with one attached hydrogen (secondary N) is 1. The van der Waals surface area contributed by atoms with Gasteiger partial charge in [-0.25, -0.2) is 0 Å². The van der Waals surface area contributed by atoms with Gasteiger partial charge in [0.15, 0.2) is 5.78 Å². The monoisotopic (exact) mass is 341 g/mol. The Balaban J connectivity index is 1.97. The summed E-state index contributed by atoms with van der Waals surface area (Å²) in [6.45, 7) is 2.93. The molecule has 6 nitrogen and oxygen atoms in total. The number of ether oxygens (including phenoxy) is 1. The normalized spacial score (nSPS) is 11.2. The van der Waals surface area contributed by atoms with Gasteiger partial charge in [-0.15, -0.1) is 13.2 Å². The molecule has 1 N–H and O–H groups in total. The minimum absolute atomic E-state index is 0.130. The van der Waals surface area contributed by atoms with Crippen LogP contribution in [0.15, 0.2) is 30.5 Å². The van der Waals surface area contributed by atoms with Gasteiger partial charge in [-0.2, -0.15) is 5.10 Å². The lowest BCUT2D eigenvalue weighted by Crippen LogP contribution is -2.19. The first-order valence-corrected chi connectivity index (χ1v) is 6.85. The van der Waals surface area contributed by atoms with Crippen molar-refractivity contribution in [2.24, 2.45) is 0 Å². The van der Waals surface area contributed by atoms with E-state index in [2.05, 4.69) is 15.2 Å². The van der Waals surface area contributed by atoms with Gasteiger partial charge >= 0.3 is 6.36 Å². The first-order valence-electron chi connectivity index (χ1n) is 6.85. The number of aromatic nitrogens is 2. The lowest BCUT2D eigenvalue weighted by Gasteiger charge is -2.10. The highest BCUT2D eigenvalue weighted by atomic mass is 19.4. The molecule has 0 unspecified atom stereocenters. The zero-order chi connectivity index (χ0) is 17.9. The third-order valence-corrected chi connectivity index (χ3v) is 3.00. The Bertz CT molecular complexity index is 752. The van der Waals surface area contributed by atoms with E-state index in [9.17, 15) is 22.8 Å². The molecule has 1 heterocycles. The number of carbonyl (C=O) groups excluding carboxylic acids is 2. The first kappa shape index (κ1) is 17.5. The van der Waals surface area contributed by atoms with Crippen molar-refractivity contribution >= 4 is 17.4 Å². The SMILES string of the molecule is CC(=O)c1cn(CC(=O)Nc2ccc(OC(F)(F)F)cc2)nc1C. The molecule has 0 fully saturated rings. The number of Topliss-reactive ketones (excluding diaryl/α,β-unsaturated/α-hetero) is 1. The fraction of sp³-hybridized carbons (Fsp3) is 0.267. The fourth-order valence-electron chi connectivity index (χ4n) is 2.03. The van der Waals surface area contributed by atoms with Crippen molar-refractivity contribution in [3.05, 3.63) is 41.7 Å². The van der Waals surface area contributed by atoms with Gasteiger partial charge in [0.25, 0.3) is 0 Å². The average Bonchev–Trinajstić information content (AvgIpc) is 2.80. The smallest absolute Gasteiger partial charge is 0.406 e. The van der Waals surface area contributed by atoms with E-state index < -0.39 is 12.3 Å². The van der Waals surface area contributed by atoms with Crippen LogP contribution in [0.1, 0.15) is 23.0 Å². The summed E-state index contributed by atoms with van der Waals surface area (Å²) >= 11 is 0. The Hall–Kier alpha value is -2.84.